The highest BCUT2D eigenvalue weighted by Gasteiger charge is 2.06. The van der Waals surface area contributed by atoms with E-state index >= 15 is 0 Å². The van der Waals surface area contributed by atoms with Gasteiger partial charge in [0, 0.05) is 25.8 Å². The fraction of sp³-hybridized carbons (Fsp3) is 0.706. The monoisotopic (exact) mass is 293 g/mol. The molecule has 0 unspecified atom stereocenters. The van der Waals surface area contributed by atoms with E-state index in [2.05, 4.69) is 64.0 Å². The van der Waals surface area contributed by atoms with E-state index in [1.54, 1.807) is 0 Å². The van der Waals surface area contributed by atoms with Gasteiger partial charge in [-0.1, -0.05) is 19.9 Å². The van der Waals surface area contributed by atoms with Gasteiger partial charge in [0.2, 0.25) is 0 Å². The molecule has 120 valence electrons. The van der Waals surface area contributed by atoms with Gasteiger partial charge >= 0.3 is 0 Å². The van der Waals surface area contributed by atoms with Crippen LogP contribution < -0.4 is 10.2 Å². The Labute approximate surface area is 129 Å². The van der Waals surface area contributed by atoms with Crippen LogP contribution in [0.1, 0.15) is 39.0 Å². The minimum atomic E-state index is 0.280. The third kappa shape index (κ3) is 6.91. The predicted octanol–water partition coefficient (Wildman–Crippen LogP) is 3.00. The molecule has 1 aromatic heterocycles. The molecule has 21 heavy (non-hydrogen) atoms. The lowest BCUT2D eigenvalue weighted by Gasteiger charge is -2.20. The van der Waals surface area contributed by atoms with E-state index < -0.39 is 0 Å². The first-order chi connectivity index (χ1) is 9.90. The second-order valence-corrected chi connectivity index (χ2v) is 6.28. The summed E-state index contributed by atoms with van der Waals surface area (Å²) in [5, 5.41) is 3.46. The molecule has 4 heteroatoms. The first-order valence-corrected chi connectivity index (χ1v) is 7.90. The molecule has 0 saturated heterocycles. The van der Waals surface area contributed by atoms with Crippen LogP contribution >= 0.6 is 0 Å². The largest absolute Gasteiger partial charge is 0.377 e. The van der Waals surface area contributed by atoms with Crippen molar-refractivity contribution in [2.24, 2.45) is 5.92 Å². The van der Waals surface area contributed by atoms with Crippen LogP contribution in [0.2, 0.25) is 0 Å². The summed E-state index contributed by atoms with van der Waals surface area (Å²) in [5.41, 5.74) is 2.37. The molecule has 1 heterocycles. The molecule has 0 fully saturated rings. The van der Waals surface area contributed by atoms with Crippen LogP contribution in [-0.4, -0.2) is 37.8 Å². The second-order valence-electron chi connectivity index (χ2n) is 6.28. The Balaban J connectivity index is 2.52. The van der Waals surface area contributed by atoms with Crippen LogP contribution in [0.4, 0.5) is 5.82 Å². The zero-order chi connectivity index (χ0) is 15.8. The maximum Gasteiger partial charge on any atom is 0.128 e. The Morgan fingerprint density at radius 3 is 2.52 bits per heavy atom. The van der Waals surface area contributed by atoms with Crippen molar-refractivity contribution in [1.82, 2.24) is 10.3 Å². The van der Waals surface area contributed by atoms with Crippen molar-refractivity contribution in [3.05, 3.63) is 23.4 Å². The fourth-order valence-corrected chi connectivity index (χ4v) is 2.01. The minimum absolute atomic E-state index is 0.280. The molecule has 4 nitrogen and oxygen atoms in total. The highest BCUT2D eigenvalue weighted by Crippen LogP contribution is 2.13. The van der Waals surface area contributed by atoms with Gasteiger partial charge in [-0.15, -0.1) is 0 Å². The lowest BCUT2D eigenvalue weighted by molar-refractivity contribution is 0.0845. The van der Waals surface area contributed by atoms with Crippen LogP contribution in [0.5, 0.6) is 0 Å². The number of nitrogens with zero attached hydrogens (tertiary/aromatic N) is 2. The van der Waals surface area contributed by atoms with Crippen LogP contribution in [0, 0.1) is 12.8 Å². The number of anilines is 1. The van der Waals surface area contributed by atoms with Crippen LogP contribution in [0.15, 0.2) is 12.1 Å². The number of hydrogen-bond donors (Lipinski definition) is 1. The third-order valence-electron chi connectivity index (χ3n) is 3.32. The topological polar surface area (TPSA) is 37.4 Å². The molecule has 0 aliphatic carbocycles. The van der Waals surface area contributed by atoms with Gasteiger partial charge in [-0.3, -0.25) is 0 Å². The van der Waals surface area contributed by atoms with Crippen LogP contribution in [0.25, 0.3) is 0 Å². The molecule has 0 saturated carbocycles. The first-order valence-electron chi connectivity index (χ1n) is 7.90. The maximum absolute atomic E-state index is 5.58. The molecule has 0 aliphatic rings. The molecule has 1 N–H and O–H groups in total. The molecule has 0 spiro atoms. The van der Waals surface area contributed by atoms with Gasteiger partial charge in [-0.2, -0.15) is 0 Å². The van der Waals surface area contributed by atoms with Crippen molar-refractivity contribution in [2.45, 2.75) is 47.3 Å². The first kappa shape index (κ1) is 17.9. The Kier molecular flexibility index (Phi) is 7.68. The number of rotatable bonds is 9. The summed E-state index contributed by atoms with van der Waals surface area (Å²) >= 11 is 0. The molecule has 1 aromatic rings. The van der Waals surface area contributed by atoms with Crippen molar-refractivity contribution in [3.8, 4) is 0 Å². The molecule has 1 rings (SSSR count). The molecule has 0 aromatic carbocycles. The molecule has 0 atom stereocenters. The van der Waals surface area contributed by atoms with Gasteiger partial charge in [0.25, 0.3) is 0 Å². The third-order valence-corrected chi connectivity index (χ3v) is 3.32. The molecular formula is C17H31N3O. The maximum atomic E-state index is 5.58. The zero-order valence-corrected chi connectivity index (χ0v) is 14.4. The van der Waals surface area contributed by atoms with Crippen molar-refractivity contribution < 1.29 is 4.74 Å². The number of aryl methyl sites for hydroxylation is 1. The van der Waals surface area contributed by atoms with Gasteiger partial charge in [0.15, 0.2) is 0 Å². The van der Waals surface area contributed by atoms with E-state index in [0.29, 0.717) is 5.92 Å². The Morgan fingerprint density at radius 1 is 1.24 bits per heavy atom. The van der Waals surface area contributed by atoms with Gasteiger partial charge < -0.3 is 15.0 Å². The van der Waals surface area contributed by atoms with Crippen molar-refractivity contribution in [2.75, 3.05) is 31.6 Å². The highest BCUT2D eigenvalue weighted by molar-refractivity contribution is 5.40. The average Bonchev–Trinajstić information content (AvgIpc) is 2.39. The second kappa shape index (κ2) is 9.00. The Bertz CT molecular complexity index is 418. The van der Waals surface area contributed by atoms with E-state index in [4.69, 9.17) is 9.72 Å². The van der Waals surface area contributed by atoms with Crippen LogP contribution in [0.3, 0.4) is 0 Å². The lowest BCUT2D eigenvalue weighted by atomic mass is 10.2. The summed E-state index contributed by atoms with van der Waals surface area (Å²) in [4.78, 5) is 6.84. The number of nitrogens with one attached hydrogen (secondary N) is 1. The lowest BCUT2D eigenvalue weighted by Crippen LogP contribution is -2.25. The Morgan fingerprint density at radius 2 is 1.95 bits per heavy atom. The van der Waals surface area contributed by atoms with Crippen molar-refractivity contribution in [3.63, 3.8) is 0 Å². The molecule has 0 bridgehead atoms. The number of aromatic nitrogens is 1. The van der Waals surface area contributed by atoms with Crippen LogP contribution in [-0.2, 0) is 11.3 Å². The van der Waals surface area contributed by atoms with E-state index in [-0.39, 0.29) is 6.10 Å². The summed E-state index contributed by atoms with van der Waals surface area (Å²) in [6.45, 7) is 14.1. The minimum Gasteiger partial charge on any atom is -0.377 e. The molecule has 0 aliphatic heterocycles. The zero-order valence-electron chi connectivity index (χ0n) is 14.4. The van der Waals surface area contributed by atoms with Gasteiger partial charge in [-0.05, 0) is 44.9 Å². The summed E-state index contributed by atoms with van der Waals surface area (Å²) in [6, 6.07) is 4.26. The molecular weight excluding hydrogens is 262 g/mol. The van der Waals surface area contributed by atoms with Crippen molar-refractivity contribution >= 4 is 5.82 Å². The number of likely N-dealkylation sites (N-methyl/N-ethyl adjacent to an activating group) is 1. The predicted molar refractivity (Wildman–Crippen MR) is 89.9 cm³/mol. The fourth-order valence-electron chi connectivity index (χ4n) is 2.01. The summed E-state index contributed by atoms with van der Waals surface area (Å²) in [6.07, 6.45) is 0.280. The van der Waals surface area contributed by atoms with Gasteiger partial charge in [-0.25, -0.2) is 4.98 Å². The van der Waals surface area contributed by atoms with E-state index in [0.717, 1.165) is 37.8 Å². The van der Waals surface area contributed by atoms with Crippen molar-refractivity contribution in [1.29, 1.82) is 0 Å². The van der Waals surface area contributed by atoms with Gasteiger partial charge in [0.05, 0.1) is 12.7 Å². The van der Waals surface area contributed by atoms with E-state index in [1.807, 2.05) is 0 Å². The number of pyridine rings is 1. The smallest absolute Gasteiger partial charge is 0.128 e. The van der Waals surface area contributed by atoms with Gasteiger partial charge in [0.1, 0.15) is 5.82 Å². The Hall–Kier alpha value is -1.13. The summed E-state index contributed by atoms with van der Waals surface area (Å²) in [5.74, 6) is 1.68. The number of hydrogen-bond acceptors (Lipinski definition) is 4. The molecule has 0 amide bonds. The average molecular weight is 293 g/mol. The molecule has 0 radical (unpaired) electrons. The number of ether oxygens (including phenoxy) is 1. The summed E-state index contributed by atoms with van der Waals surface area (Å²) in [7, 11) is 2.06. The van der Waals surface area contributed by atoms with E-state index in [1.165, 1.54) is 5.56 Å². The highest BCUT2D eigenvalue weighted by atomic mass is 16.5. The van der Waals surface area contributed by atoms with E-state index in [9.17, 15) is 0 Å². The normalized spacial score (nSPS) is 11.4. The SMILES string of the molecule is Cc1nc(N(C)CCOC(C)C)ccc1CNCC(C)C. The quantitative estimate of drug-likeness (QED) is 0.759. The summed E-state index contributed by atoms with van der Waals surface area (Å²) < 4.78 is 5.58. The standard InChI is InChI=1S/C17H31N3O/c1-13(2)11-18-12-16-7-8-17(19-15(16)5)20(6)9-10-21-14(3)4/h7-8,13-14,18H,9-12H2,1-6H3.